The van der Waals surface area contributed by atoms with E-state index in [9.17, 15) is 0 Å². The topological polar surface area (TPSA) is 50.7 Å². The van der Waals surface area contributed by atoms with Crippen LogP contribution in [-0.4, -0.2) is 15.0 Å². The molecule has 0 amide bonds. The van der Waals surface area contributed by atoms with Crippen molar-refractivity contribution in [2.24, 2.45) is 0 Å². The summed E-state index contributed by atoms with van der Waals surface area (Å²) in [5, 5.41) is 3.44. The SMILES string of the molecule is CC(NCc1cnc2ccccc2n1)c1cccnc1. The van der Waals surface area contributed by atoms with Crippen LogP contribution in [0.1, 0.15) is 24.2 Å². The lowest BCUT2D eigenvalue weighted by molar-refractivity contribution is 0.566. The fourth-order valence-electron chi connectivity index (χ4n) is 2.09. The van der Waals surface area contributed by atoms with E-state index < -0.39 is 0 Å². The summed E-state index contributed by atoms with van der Waals surface area (Å²) in [7, 11) is 0. The maximum Gasteiger partial charge on any atom is 0.0890 e. The second kappa shape index (κ2) is 5.75. The van der Waals surface area contributed by atoms with Gasteiger partial charge in [-0.25, -0.2) is 4.98 Å². The predicted molar refractivity (Wildman–Crippen MR) is 79.0 cm³/mol. The standard InChI is InChI=1S/C16H16N4/c1-12(13-5-4-8-17-9-13)18-10-14-11-19-15-6-2-3-7-16(15)20-14/h2-9,11-12,18H,10H2,1H3. The summed E-state index contributed by atoms with van der Waals surface area (Å²) in [5.41, 5.74) is 3.97. The van der Waals surface area contributed by atoms with Gasteiger partial charge in [0.1, 0.15) is 0 Å². The third-order valence-electron chi connectivity index (χ3n) is 3.27. The van der Waals surface area contributed by atoms with Crippen molar-refractivity contribution >= 4 is 11.0 Å². The Morgan fingerprint density at radius 1 is 1.05 bits per heavy atom. The number of nitrogens with one attached hydrogen (secondary N) is 1. The van der Waals surface area contributed by atoms with Gasteiger partial charge in [-0.2, -0.15) is 0 Å². The summed E-state index contributed by atoms with van der Waals surface area (Å²) in [4.78, 5) is 13.2. The van der Waals surface area contributed by atoms with Gasteiger partial charge in [-0.1, -0.05) is 18.2 Å². The first kappa shape index (κ1) is 12.7. The third kappa shape index (κ3) is 2.81. The Bertz CT molecular complexity index is 697. The van der Waals surface area contributed by atoms with Crippen LogP contribution < -0.4 is 5.32 Å². The molecule has 0 bridgehead atoms. The summed E-state index contributed by atoms with van der Waals surface area (Å²) in [6.45, 7) is 2.80. The van der Waals surface area contributed by atoms with Gasteiger partial charge in [0.25, 0.3) is 0 Å². The van der Waals surface area contributed by atoms with E-state index in [1.807, 2.05) is 42.7 Å². The molecular formula is C16H16N4. The third-order valence-corrected chi connectivity index (χ3v) is 3.27. The van der Waals surface area contributed by atoms with Crippen LogP contribution in [-0.2, 0) is 6.54 Å². The van der Waals surface area contributed by atoms with E-state index in [-0.39, 0.29) is 6.04 Å². The van der Waals surface area contributed by atoms with Gasteiger partial charge in [-0.3, -0.25) is 9.97 Å². The zero-order valence-corrected chi connectivity index (χ0v) is 11.3. The number of hydrogen-bond donors (Lipinski definition) is 1. The minimum absolute atomic E-state index is 0.233. The van der Waals surface area contributed by atoms with Gasteiger partial charge >= 0.3 is 0 Å². The monoisotopic (exact) mass is 264 g/mol. The molecule has 0 spiro atoms. The molecule has 1 aromatic carbocycles. The summed E-state index contributed by atoms with van der Waals surface area (Å²) < 4.78 is 0. The largest absolute Gasteiger partial charge is 0.304 e. The molecule has 0 saturated carbocycles. The molecule has 1 N–H and O–H groups in total. The molecule has 0 aliphatic heterocycles. The fraction of sp³-hybridized carbons (Fsp3) is 0.188. The van der Waals surface area contributed by atoms with Gasteiger partial charge in [-0.15, -0.1) is 0 Å². The molecule has 2 heterocycles. The quantitative estimate of drug-likeness (QED) is 0.787. The molecule has 3 rings (SSSR count). The van der Waals surface area contributed by atoms with E-state index >= 15 is 0 Å². The van der Waals surface area contributed by atoms with Crippen LogP contribution in [0.15, 0.2) is 55.0 Å². The van der Waals surface area contributed by atoms with Crippen LogP contribution in [0.4, 0.5) is 0 Å². The van der Waals surface area contributed by atoms with Crippen LogP contribution in [0.2, 0.25) is 0 Å². The molecule has 2 aromatic heterocycles. The summed E-state index contributed by atoms with van der Waals surface area (Å²) in [6, 6.07) is 12.2. The molecule has 0 fully saturated rings. The highest BCUT2D eigenvalue weighted by Gasteiger charge is 2.05. The smallest absolute Gasteiger partial charge is 0.0890 e. The highest BCUT2D eigenvalue weighted by atomic mass is 14.9. The first-order valence-electron chi connectivity index (χ1n) is 6.67. The van der Waals surface area contributed by atoms with Crippen molar-refractivity contribution in [3.63, 3.8) is 0 Å². The first-order valence-corrected chi connectivity index (χ1v) is 6.67. The van der Waals surface area contributed by atoms with Crippen molar-refractivity contribution in [2.75, 3.05) is 0 Å². The molecule has 1 unspecified atom stereocenters. The van der Waals surface area contributed by atoms with E-state index in [1.165, 1.54) is 5.56 Å². The number of fused-ring (bicyclic) bond motifs is 1. The molecule has 100 valence electrons. The van der Waals surface area contributed by atoms with Crippen molar-refractivity contribution in [3.05, 3.63) is 66.2 Å². The van der Waals surface area contributed by atoms with Crippen LogP contribution in [0, 0.1) is 0 Å². The van der Waals surface area contributed by atoms with E-state index in [4.69, 9.17) is 0 Å². The average molecular weight is 264 g/mol. The zero-order valence-electron chi connectivity index (χ0n) is 11.3. The van der Waals surface area contributed by atoms with Crippen LogP contribution in [0.25, 0.3) is 11.0 Å². The number of aromatic nitrogens is 3. The summed E-state index contributed by atoms with van der Waals surface area (Å²) in [6.07, 6.45) is 5.49. The summed E-state index contributed by atoms with van der Waals surface area (Å²) in [5.74, 6) is 0. The lowest BCUT2D eigenvalue weighted by atomic mass is 10.1. The predicted octanol–water partition coefficient (Wildman–Crippen LogP) is 2.88. The Kier molecular flexibility index (Phi) is 3.65. The van der Waals surface area contributed by atoms with Crippen LogP contribution in [0.3, 0.4) is 0 Å². The van der Waals surface area contributed by atoms with E-state index in [2.05, 4.69) is 33.3 Å². The second-order valence-electron chi connectivity index (χ2n) is 4.74. The van der Waals surface area contributed by atoms with Crippen molar-refractivity contribution in [2.45, 2.75) is 19.5 Å². The minimum atomic E-state index is 0.233. The maximum absolute atomic E-state index is 4.60. The van der Waals surface area contributed by atoms with Gasteiger partial charge in [0.15, 0.2) is 0 Å². The van der Waals surface area contributed by atoms with Gasteiger partial charge in [0.05, 0.1) is 22.9 Å². The molecule has 0 aliphatic carbocycles. The lowest BCUT2D eigenvalue weighted by Crippen LogP contribution is -2.19. The van der Waals surface area contributed by atoms with Crippen LogP contribution >= 0.6 is 0 Å². The Morgan fingerprint density at radius 3 is 2.70 bits per heavy atom. The number of hydrogen-bond acceptors (Lipinski definition) is 4. The van der Waals surface area contributed by atoms with Gasteiger partial charge in [0.2, 0.25) is 0 Å². The summed E-state index contributed by atoms with van der Waals surface area (Å²) >= 11 is 0. The van der Waals surface area contributed by atoms with E-state index in [0.29, 0.717) is 6.54 Å². The van der Waals surface area contributed by atoms with Gasteiger partial charge in [0, 0.05) is 25.0 Å². The molecule has 0 saturated heterocycles. The molecule has 0 radical (unpaired) electrons. The highest BCUT2D eigenvalue weighted by Crippen LogP contribution is 2.12. The number of rotatable bonds is 4. The maximum atomic E-state index is 4.60. The molecule has 3 aromatic rings. The molecular weight excluding hydrogens is 248 g/mol. The average Bonchev–Trinajstić information content (AvgIpc) is 2.53. The molecule has 4 heteroatoms. The highest BCUT2D eigenvalue weighted by molar-refractivity contribution is 5.73. The number of pyridine rings is 1. The van der Waals surface area contributed by atoms with Crippen molar-refractivity contribution < 1.29 is 0 Å². The normalized spacial score (nSPS) is 12.4. The van der Waals surface area contributed by atoms with Crippen molar-refractivity contribution in [3.8, 4) is 0 Å². The number of para-hydroxylation sites is 2. The molecule has 20 heavy (non-hydrogen) atoms. The minimum Gasteiger partial charge on any atom is -0.304 e. The molecule has 0 aliphatic rings. The number of benzene rings is 1. The van der Waals surface area contributed by atoms with E-state index in [0.717, 1.165) is 16.7 Å². The van der Waals surface area contributed by atoms with Crippen molar-refractivity contribution in [1.82, 2.24) is 20.3 Å². The number of nitrogens with zero attached hydrogens (tertiary/aromatic N) is 3. The fourth-order valence-corrected chi connectivity index (χ4v) is 2.09. The molecule has 4 nitrogen and oxygen atoms in total. The molecule has 1 atom stereocenters. The van der Waals surface area contributed by atoms with Crippen LogP contribution in [0.5, 0.6) is 0 Å². The lowest BCUT2D eigenvalue weighted by Gasteiger charge is -2.13. The Morgan fingerprint density at radius 2 is 1.90 bits per heavy atom. The van der Waals surface area contributed by atoms with Gasteiger partial charge in [-0.05, 0) is 30.7 Å². The Balaban J connectivity index is 1.70. The Hall–Kier alpha value is -2.33. The second-order valence-corrected chi connectivity index (χ2v) is 4.74. The van der Waals surface area contributed by atoms with Gasteiger partial charge < -0.3 is 5.32 Å². The van der Waals surface area contributed by atoms with Crippen molar-refractivity contribution in [1.29, 1.82) is 0 Å². The van der Waals surface area contributed by atoms with E-state index in [1.54, 1.807) is 6.20 Å². The first-order chi connectivity index (χ1) is 9.83. The Labute approximate surface area is 117 Å². The zero-order chi connectivity index (χ0) is 13.8.